The van der Waals surface area contributed by atoms with Crippen LogP contribution in [0.2, 0.25) is 10.0 Å². The highest BCUT2D eigenvalue weighted by molar-refractivity contribution is 6.36. The summed E-state index contributed by atoms with van der Waals surface area (Å²) in [4.78, 5) is 16.0. The van der Waals surface area contributed by atoms with Crippen LogP contribution in [0.5, 0.6) is 0 Å². The molecule has 3 rings (SSSR count). The summed E-state index contributed by atoms with van der Waals surface area (Å²) in [7, 11) is 1.29. The van der Waals surface area contributed by atoms with Gasteiger partial charge in [-0.2, -0.15) is 0 Å². The molecule has 0 unspecified atom stereocenters. The number of benzene rings is 2. The predicted molar refractivity (Wildman–Crippen MR) is 88.5 cm³/mol. The van der Waals surface area contributed by atoms with Crippen LogP contribution in [-0.2, 0) is 4.74 Å². The van der Waals surface area contributed by atoms with E-state index in [1.54, 1.807) is 30.3 Å². The van der Waals surface area contributed by atoms with Crippen molar-refractivity contribution in [2.75, 3.05) is 7.11 Å². The molecule has 3 nitrogen and oxygen atoms in total. The molecule has 0 atom stereocenters. The summed E-state index contributed by atoms with van der Waals surface area (Å²) in [5.41, 5.74) is 0.920. The van der Waals surface area contributed by atoms with Crippen LogP contribution < -0.4 is 0 Å². The fourth-order valence-corrected chi connectivity index (χ4v) is 2.74. The zero-order valence-electron chi connectivity index (χ0n) is 11.9. The molecule has 0 aliphatic heterocycles. The van der Waals surface area contributed by atoms with Crippen molar-refractivity contribution in [3.05, 3.63) is 64.0 Å². The van der Waals surface area contributed by atoms with E-state index in [0.29, 0.717) is 27.1 Å². The summed E-state index contributed by atoms with van der Waals surface area (Å²) < 4.78 is 19.1. The second-order valence-electron chi connectivity index (χ2n) is 4.81. The third-order valence-electron chi connectivity index (χ3n) is 3.47. The van der Waals surface area contributed by atoms with E-state index in [9.17, 15) is 9.18 Å². The number of pyridine rings is 1. The summed E-state index contributed by atoms with van der Waals surface area (Å²) in [5, 5.41) is 1.60. The number of halogens is 3. The second-order valence-corrected chi connectivity index (χ2v) is 5.62. The lowest BCUT2D eigenvalue weighted by molar-refractivity contribution is 0.0601. The van der Waals surface area contributed by atoms with E-state index in [2.05, 4.69) is 4.98 Å². The fraction of sp³-hybridized carbons (Fsp3) is 0.0588. The van der Waals surface area contributed by atoms with E-state index in [-0.39, 0.29) is 10.6 Å². The van der Waals surface area contributed by atoms with Gasteiger partial charge < -0.3 is 4.74 Å². The minimum absolute atomic E-state index is 0.00322. The molecule has 0 N–H and O–H groups in total. The van der Waals surface area contributed by atoms with E-state index in [0.717, 1.165) is 0 Å². The maximum Gasteiger partial charge on any atom is 0.337 e. The Balaban J connectivity index is 2.34. The molecule has 116 valence electrons. The average Bonchev–Trinajstić information content (AvgIpc) is 2.57. The Morgan fingerprint density at radius 1 is 1.13 bits per heavy atom. The minimum atomic E-state index is -0.575. The van der Waals surface area contributed by atoms with Crippen LogP contribution in [0.3, 0.4) is 0 Å². The molecule has 0 radical (unpaired) electrons. The first-order chi connectivity index (χ1) is 11.0. The van der Waals surface area contributed by atoms with Crippen molar-refractivity contribution in [1.82, 2.24) is 4.98 Å². The highest BCUT2D eigenvalue weighted by atomic mass is 35.5. The number of nitrogens with zero attached hydrogens (tertiary/aromatic N) is 1. The fourth-order valence-electron chi connectivity index (χ4n) is 2.35. The van der Waals surface area contributed by atoms with Crippen LogP contribution in [0.1, 0.15) is 10.4 Å². The van der Waals surface area contributed by atoms with Gasteiger partial charge in [0.05, 0.1) is 28.4 Å². The number of ether oxygens (including phenoxy) is 1. The first-order valence-corrected chi connectivity index (χ1v) is 7.39. The summed E-state index contributed by atoms with van der Waals surface area (Å²) in [6.07, 6.45) is 1.44. The molecular formula is C17H10Cl2FNO2. The SMILES string of the molecule is COC(=O)c1ccc2c(Cl)cnc(-c3cccc(Cl)c3F)c2c1. The van der Waals surface area contributed by atoms with Crippen LogP contribution >= 0.6 is 23.2 Å². The minimum Gasteiger partial charge on any atom is -0.465 e. The summed E-state index contributed by atoms with van der Waals surface area (Å²) in [6.45, 7) is 0. The molecule has 0 aliphatic carbocycles. The largest absolute Gasteiger partial charge is 0.465 e. The monoisotopic (exact) mass is 349 g/mol. The van der Waals surface area contributed by atoms with Gasteiger partial charge >= 0.3 is 5.97 Å². The van der Waals surface area contributed by atoms with Gasteiger partial charge in [0.2, 0.25) is 0 Å². The lowest BCUT2D eigenvalue weighted by Crippen LogP contribution is -2.01. The Morgan fingerprint density at radius 2 is 1.91 bits per heavy atom. The van der Waals surface area contributed by atoms with Gasteiger partial charge in [0.25, 0.3) is 0 Å². The third-order valence-corrected chi connectivity index (χ3v) is 4.06. The van der Waals surface area contributed by atoms with Crippen molar-refractivity contribution < 1.29 is 13.9 Å². The van der Waals surface area contributed by atoms with Crippen molar-refractivity contribution in [2.24, 2.45) is 0 Å². The summed E-state index contributed by atoms with van der Waals surface area (Å²) in [6, 6.07) is 9.51. The predicted octanol–water partition coefficient (Wildman–Crippen LogP) is 5.13. The Kier molecular flexibility index (Phi) is 4.20. The van der Waals surface area contributed by atoms with Crippen molar-refractivity contribution in [1.29, 1.82) is 0 Å². The molecule has 3 aromatic rings. The van der Waals surface area contributed by atoms with Crippen LogP contribution in [-0.4, -0.2) is 18.1 Å². The first kappa shape index (κ1) is 15.7. The molecule has 6 heteroatoms. The Morgan fingerprint density at radius 3 is 2.65 bits per heavy atom. The smallest absolute Gasteiger partial charge is 0.337 e. The number of hydrogen-bond acceptors (Lipinski definition) is 3. The highest BCUT2D eigenvalue weighted by Gasteiger charge is 2.16. The Labute approximate surface area is 141 Å². The molecular weight excluding hydrogens is 340 g/mol. The van der Waals surface area contributed by atoms with Gasteiger partial charge in [-0.05, 0) is 24.3 Å². The van der Waals surface area contributed by atoms with E-state index < -0.39 is 11.8 Å². The van der Waals surface area contributed by atoms with Gasteiger partial charge in [-0.25, -0.2) is 9.18 Å². The van der Waals surface area contributed by atoms with Gasteiger partial charge in [0.15, 0.2) is 5.82 Å². The van der Waals surface area contributed by atoms with E-state index >= 15 is 0 Å². The van der Waals surface area contributed by atoms with Crippen molar-refractivity contribution in [2.45, 2.75) is 0 Å². The quantitative estimate of drug-likeness (QED) is 0.601. The molecule has 0 fully saturated rings. The first-order valence-electron chi connectivity index (χ1n) is 6.64. The third kappa shape index (κ3) is 2.76. The van der Waals surface area contributed by atoms with Crippen LogP contribution in [0.4, 0.5) is 4.39 Å². The van der Waals surface area contributed by atoms with Crippen molar-refractivity contribution in [3.63, 3.8) is 0 Å². The van der Waals surface area contributed by atoms with Crippen LogP contribution in [0.15, 0.2) is 42.6 Å². The Bertz CT molecular complexity index is 928. The number of carbonyl (C=O) groups excluding carboxylic acids is 1. The second kappa shape index (κ2) is 6.14. The molecule has 0 saturated heterocycles. The molecule has 1 aromatic heterocycles. The lowest BCUT2D eigenvalue weighted by Gasteiger charge is -2.10. The van der Waals surface area contributed by atoms with Crippen molar-refractivity contribution >= 4 is 39.9 Å². The van der Waals surface area contributed by atoms with Crippen LogP contribution in [0, 0.1) is 5.82 Å². The molecule has 1 heterocycles. The molecule has 0 aliphatic rings. The molecule has 2 aromatic carbocycles. The molecule has 0 amide bonds. The number of carbonyl (C=O) groups is 1. The van der Waals surface area contributed by atoms with Crippen LogP contribution in [0.25, 0.3) is 22.0 Å². The summed E-state index contributed by atoms with van der Waals surface area (Å²) in [5.74, 6) is -1.07. The van der Waals surface area contributed by atoms with Gasteiger partial charge in [0.1, 0.15) is 0 Å². The Hall–Kier alpha value is -2.17. The number of methoxy groups -OCH3 is 1. The zero-order chi connectivity index (χ0) is 16.6. The lowest BCUT2D eigenvalue weighted by atomic mass is 10.0. The molecule has 0 saturated carbocycles. The summed E-state index contributed by atoms with van der Waals surface area (Å²) >= 11 is 12.0. The standard InChI is InChI=1S/C17H10Cl2FNO2/c1-23-17(22)9-5-6-10-12(7-9)16(21-8-14(10)19)11-3-2-4-13(18)15(11)20/h2-8H,1H3. The van der Waals surface area contributed by atoms with Gasteiger partial charge in [-0.15, -0.1) is 0 Å². The number of esters is 1. The maximum absolute atomic E-state index is 14.3. The molecule has 23 heavy (non-hydrogen) atoms. The molecule has 0 bridgehead atoms. The van der Waals surface area contributed by atoms with Gasteiger partial charge in [0, 0.05) is 22.5 Å². The topological polar surface area (TPSA) is 39.2 Å². The average molecular weight is 350 g/mol. The van der Waals surface area contributed by atoms with Crippen molar-refractivity contribution in [3.8, 4) is 11.3 Å². The highest BCUT2D eigenvalue weighted by Crippen LogP contribution is 2.34. The van der Waals surface area contributed by atoms with E-state index in [1.165, 1.54) is 19.4 Å². The zero-order valence-corrected chi connectivity index (χ0v) is 13.5. The van der Waals surface area contributed by atoms with E-state index in [4.69, 9.17) is 27.9 Å². The normalized spacial score (nSPS) is 10.8. The van der Waals surface area contributed by atoms with E-state index in [1.807, 2.05) is 0 Å². The molecule has 0 spiro atoms. The number of rotatable bonds is 2. The maximum atomic E-state index is 14.3. The van der Waals surface area contributed by atoms with Gasteiger partial charge in [-0.1, -0.05) is 35.3 Å². The number of fused-ring (bicyclic) bond motifs is 1. The number of hydrogen-bond donors (Lipinski definition) is 0. The number of aromatic nitrogens is 1. The van der Waals surface area contributed by atoms with Gasteiger partial charge in [-0.3, -0.25) is 4.98 Å².